The molecular weight excluding hydrogens is 268 g/mol. The topological polar surface area (TPSA) is 55.9 Å². The summed E-state index contributed by atoms with van der Waals surface area (Å²) >= 11 is 1.74. The Morgan fingerprint density at radius 3 is 2.45 bits per heavy atom. The molecule has 0 spiro atoms. The number of nitrogens with one attached hydrogen (secondary N) is 1. The average molecular weight is 290 g/mol. The van der Waals surface area contributed by atoms with Gasteiger partial charge in [0.1, 0.15) is 0 Å². The molecule has 0 bridgehead atoms. The highest BCUT2D eigenvalue weighted by atomic mass is 32.2. The third-order valence-corrected chi connectivity index (χ3v) is 4.07. The van der Waals surface area contributed by atoms with Crippen molar-refractivity contribution in [3.8, 4) is 0 Å². The third-order valence-electron chi connectivity index (χ3n) is 3.33. The minimum atomic E-state index is 0.0846. The van der Waals surface area contributed by atoms with Crippen LogP contribution in [-0.2, 0) is 6.42 Å². The van der Waals surface area contributed by atoms with E-state index >= 15 is 0 Å². The molecule has 1 aromatic carbocycles. The van der Waals surface area contributed by atoms with Crippen LogP contribution in [0.4, 0.5) is 0 Å². The zero-order valence-electron chi connectivity index (χ0n) is 12.2. The molecule has 0 aliphatic carbocycles. The van der Waals surface area contributed by atoms with Gasteiger partial charge in [0.15, 0.2) is 0 Å². The summed E-state index contributed by atoms with van der Waals surface area (Å²) in [5.74, 6) is 5.70. The lowest BCUT2D eigenvalue weighted by Gasteiger charge is -2.15. The number of hydrazine groups is 1. The highest BCUT2D eigenvalue weighted by Crippen LogP contribution is 2.21. The summed E-state index contributed by atoms with van der Waals surface area (Å²) in [5, 5.41) is 4.57. The molecule has 0 radical (unpaired) electrons. The quantitative estimate of drug-likeness (QED) is 0.488. The Balaban J connectivity index is 2.10. The summed E-state index contributed by atoms with van der Waals surface area (Å²) in [6.45, 7) is 4.24. The van der Waals surface area contributed by atoms with Gasteiger partial charge in [0.05, 0.1) is 11.7 Å². The van der Waals surface area contributed by atoms with Crippen molar-refractivity contribution in [2.75, 3.05) is 6.26 Å². The van der Waals surface area contributed by atoms with E-state index < -0.39 is 0 Å². The van der Waals surface area contributed by atoms with Gasteiger partial charge < -0.3 is 0 Å². The Bertz CT molecular complexity index is 533. The van der Waals surface area contributed by atoms with E-state index in [1.54, 1.807) is 11.8 Å². The minimum absolute atomic E-state index is 0.0846. The monoisotopic (exact) mass is 290 g/mol. The van der Waals surface area contributed by atoms with Crippen molar-refractivity contribution >= 4 is 11.8 Å². The number of aromatic nitrogens is 2. The molecule has 4 nitrogen and oxygen atoms in total. The third kappa shape index (κ3) is 3.62. The smallest absolute Gasteiger partial charge is 0.0644 e. The summed E-state index contributed by atoms with van der Waals surface area (Å²) < 4.78 is 1.97. The molecule has 5 heteroatoms. The number of nitrogens with zero attached hydrogens (tertiary/aromatic N) is 2. The fourth-order valence-corrected chi connectivity index (χ4v) is 2.50. The van der Waals surface area contributed by atoms with Gasteiger partial charge in [-0.3, -0.25) is 16.0 Å². The van der Waals surface area contributed by atoms with Crippen LogP contribution in [-0.4, -0.2) is 16.0 Å². The summed E-state index contributed by atoms with van der Waals surface area (Å²) in [6.07, 6.45) is 4.88. The summed E-state index contributed by atoms with van der Waals surface area (Å²) in [7, 11) is 0. The number of thioether (sulfide) groups is 1. The summed E-state index contributed by atoms with van der Waals surface area (Å²) in [4.78, 5) is 1.26. The first-order chi connectivity index (χ1) is 9.63. The molecule has 108 valence electrons. The standard InChI is InChI=1S/C15H22N4S/c1-11(2)19-9-8-13(18-19)10-15(17-16)12-4-6-14(20-3)7-5-12/h4-9,11,15,17H,10,16H2,1-3H3. The van der Waals surface area contributed by atoms with Crippen LogP contribution >= 0.6 is 11.8 Å². The van der Waals surface area contributed by atoms with Crippen LogP contribution in [0.1, 0.15) is 37.2 Å². The lowest BCUT2D eigenvalue weighted by Crippen LogP contribution is -2.29. The fraction of sp³-hybridized carbons (Fsp3) is 0.400. The number of benzene rings is 1. The van der Waals surface area contributed by atoms with Gasteiger partial charge in [-0.2, -0.15) is 5.10 Å². The summed E-state index contributed by atoms with van der Waals surface area (Å²) in [6, 6.07) is 11.0. The molecule has 1 aromatic heterocycles. The first-order valence-corrected chi connectivity index (χ1v) is 8.00. The molecule has 1 unspecified atom stereocenters. The number of rotatable bonds is 6. The summed E-state index contributed by atoms with van der Waals surface area (Å²) in [5.41, 5.74) is 5.12. The molecule has 0 aliphatic rings. The van der Waals surface area contributed by atoms with E-state index in [1.165, 1.54) is 10.5 Å². The molecule has 1 heterocycles. The van der Waals surface area contributed by atoms with Crippen molar-refractivity contribution in [3.05, 3.63) is 47.8 Å². The lowest BCUT2D eigenvalue weighted by molar-refractivity contribution is 0.507. The lowest BCUT2D eigenvalue weighted by atomic mass is 10.0. The minimum Gasteiger partial charge on any atom is -0.271 e. The SMILES string of the molecule is CSc1ccc(C(Cc2ccn(C(C)C)n2)NN)cc1. The predicted molar refractivity (Wildman–Crippen MR) is 84.6 cm³/mol. The van der Waals surface area contributed by atoms with E-state index in [0.717, 1.165) is 12.1 Å². The van der Waals surface area contributed by atoms with Gasteiger partial charge in [0.2, 0.25) is 0 Å². The highest BCUT2D eigenvalue weighted by molar-refractivity contribution is 7.98. The maximum Gasteiger partial charge on any atom is 0.0644 e. The Labute approximate surface area is 124 Å². The van der Waals surface area contributed by atoms with Gasteiger partial charge in [0, 0.05) is 23.6 Å². The fourth-order valence-electron chi connectivity index (χ4n) is 2.09. The first kappa shape index (κ1) is 15.1. The molecule has 2 aromatic rings. The molecule has 0 saturated carbocycles. The maximum atomic E-state index is 5.70. The largest absolute Gasteiger partial charge is 0.271 e. The predicted octanol–water partition coefficient (Wildman–Crippen LogP) is 2.93. The number of hydrogen-bond donors (Lipinski definition) is 2. The van der Waals surface area contributed by atoms with E-state index in [1.807, 2.05) is 10.9 Å². The van der Waals surface area contributed by atoms with Gasteiger partial charge in [-0.05, 0) is 43.9 Å². The zero-order chi connectivity index (χ0) is 14.5. The van der Waals surface area contributed by atoms with Crippen LogP contribution in [0.2, 0.25) is 0 Å². The van der Waals surface area contributed by atoms with E-state index in [4.69, 9.17) is 5.84 Å². The van der Waals surface area contributed by atoms with Gasteiger partial charge in [-0.25, -0.2) is 0 Å². The van der Waals surface area contributed by atoms with Crippen molar-refractivity contribution < 1.29 is 0 Å². The number of nitrogens with two attached hydrogens (primary N) is 1. The van der Waals surface area contributed by atoms with Gasteiger partial charge in [-0.15, -0.1) is 11.8 Å². The van der Waals surface area contributed by atoms with Gasteiger partial charge in [0.25, 0.3) is 0 Å². The molecule has 0 saturated heterocycles. The van der Waals surface area contributed by atoms with Crippen molar-refractivity contribution in [1.29, 1.82) is 0 Å². The molecule has 0 aliphatic heterocycles. The molecule has 3 N–H and O–H groups in total. The Kier molecular flexibility index (Phi) is 5.23. The molecular formula is C15H22N4S. The number of hydrogen-bond acceptors (Lipinski definition) is 4. The van der Waals surface area contributed by atoms with Crippen LogP contribution < -0.4 is 11.3 Å². The van der Waals surface area contributed by atoms with Crippen LogP contribution in [0, 0.1) is 0 Å². The normalized spacial score (nSPS) is 12.8. The van der Waals surface area contributed by atoms with Crippen LogP contribution in [0.5, 0.6) is 0 Å². The van der Waals surface area contributed by atoms with E-state index in [2.05, 4.69) is 61.0 Å². The molecule has 0 fully saturated rings. The van der Waals surface area contributed by atoms with E-state index in [9.17, 15) is 0 Å². The van der Waals surface area contributed by atoms with Gasteiger partial charge in [-0.1, -0.05) is 12.1 Å². The molecule has 0 amide bonds. The zero-order valence-corrected chi connectivity index (χ0v) is 13.0. The molecule has 2 rings (SSSR count). The highest BCUT2D eigenvalue weighted by Gasteiger charge is 2.13. The van der Waals surface area contributed by atoms with Crippen LogP contribution in [0.25, 0.3) is 0 Å². The Morgan fingerprint density at radius 2 is 1.95 bits per heavy atom. The molecule has 20 heavy (non-hydrogen) atoms. The van der Waals surface area contributed by atoms with Crippen molar-refractivity contribution in [2.24, 2.45) is 5.84 Å². The maximum absolute atomic E-state index is 5.70. The average Bonchev–Trinajstić information content (AvgIpc) is 2.94. The second-order valence-corrected chi connectivity index (χ2v) is 5.96. The first-order valence-electron chi connectivity index (χ1n) is 6.78. The van der Waals surface area contributed by atoms with Crippen LogP contribution in [0.15, 0.2) is 41.4 Å². The Hall–Kier alpha value is -1.30. The Morgan fingerprint density at radius 1 is 1.25 bits per heavy atom. The van der Waals surface area contributed by atoms with Crippen molar-refractivity contribution in [3.63, 3.8) is 0 Å². The van der Waals surface area contributed by atoms with Crippen molar-refractivity contribution in [1.82, 2.24) is 15.2 Å². The van der Waals surface area contributed by atoms with E-state index in [0.29, 0.717) is 6.04 Å². The van der Waals surface area contributed by atoms with Gasteiger partial charge >= 0.3 is 0 Å². The second kappa shape index (κ2) is 6.92. The second-order valence-electron chi connectivity index (χ2n) is 5.08. The van der Waals surface area contributed by atoms with Crippen LogP contribution in [0.3, 0.4) is 0 Å². The van der Waals surface area contributed by atoms with Crippen molar-refractivity contribution in [2.45, 2.75) is 37.2 Å². The molecule has 1 atom stereocenters. The van der Waals surface area contributed by atoms with E-state index in [-0.39, 0.29) is 6.04 Å².